The van der Waals surface area contributed by atoms with Gasteiger partial charge in [-0.1, -0.05) is 37.6 Å². The number of aliphatic imine (C=N–C) groups is 1. The lowest BCUT2D eigenvalue weighted by molar-refractivity contribution is 0.115. The zero-order valence-corrected chi connectivity index (χ0v) is 19.4. The van der Waals surface area contributed by atoms with Crippen LogP contribution in [0, 0.1) is 37.5 Å². The van der Waals surface area contributed by atoms with E-state index >= 15 is 0 Å². The molecule has 2 fully saturated rings. The summed E-state index contributed by atoms with van der Waals surface area (Å²) in [5, 5.41) is 0. The minimum atomic E-state index is 0.391. The molecule has 4 rings (SSSR count). The van der Waals surface area contributed by atoms with Crippen molar-refractivity contribution < 1.29 is 4.74 Å². The molecule has 4 atom stereocenters. The predicted octanol–water partition coefficient (Wildman–Crippen LogP) is 6.19. The van der Waals surface area contributed by atoms with Crippen LogP contribution in [0.5, 0.6) is 5.75 Å². The van der Waals surface area contributed by atoms with Crippen LogP contribution in [0.1, 0.15) is 63.5 Å². The number of likely N-dealkylation sites (tertiary alicyclic amines) is 1. The summed E-state index contributed by atoms with van der Waals surface area (Å²) in [6.45, 7) is 12.2. The van der Waals surface area contributed by atoms with Gasteiger partial charge in [-0.25, -0.2) is 0 Å². The Balaban J connectivity index is 1.18. The van der Waals surface area contributed by atoms with E-state index in [1.54, 1.807) is 0 Å². The molecule has 1 saturated carbocycles. The molecule has 0 N–H and O–H groups in total. The number of piperidine rings is 1. The molecule has 0 aromatic heterocycles. The maximum absolute atomic E-state index is 6.09. The quantitative estimate of drug-likeness (QED) is 0.537. The predicted molar refractivity (Wildman–Crippen MR) is 126 cm³/mol. The van der Waals surface area contributed by atoms with Crippen LogP contribution in [0.15, 0.2) is 34.8 Å². The molecule has 3 aliphatic rings. The molecule has 0 amide bonds. The Hall–Kier alpha value is -1.61. The van der Waals surface area contributed by atoms with E-state index in [0.717, 1.165) is 36.5 Å². The number of aryl methyl sites for hydroxylation is 2. The largest absolute Gasteiger partial charge is 0.493 e. The van der Waals surface area contributed by atoms with E-state index in [2.05, 4.69) is 63.1 Å². The van der Waals surface area contributed by atoms with E-state index in [1.165, 1.54) is 61.9 Å². The van der Waals surface area contributed by atoms with Gasteiger partial charge >= 0.3 is 0 Å². The van der Waals surface area contributed by atoms with E-state index in [-0.39, 0.29) is 0 Å². The van der Waals surface area contributed by atoms with Crippen LogP contribution in [0.3, 0.4) is 0 Å². The van der Waals surface area contributed by atoms with Crippen LogP contribution >= 0.6 is 0 Å². The SMILES string of the molecule is CCC1=CC(C)CC(N2CCC([C@H]3C[C@@H]3CCOc3ccc(C)cc3C)CC2)N=C1. The Labute approximate surface area is 183 Å². The smallest absolute Gasteiger partial charge is 0.122 e. The maximum atomic E-state index is 6.09. The number of rotatable bonds is 7. The Morgan fingerprint density at radius 2 is 1.93 bits per heavy atom. The number of benzene rings is 1. The fourth-order valence-electron chi connectivity index (χ4n) is 5.61. The third kappa shape index (κ3) is 5.35. The first-order chi connectivity index (χ1) is 14.5. The van der Waals surface area contributed by atoms with Gasteiger partial charge in [-0.3, -0.25) is 9.89 Å². The highest BCUT2D eigenvalue weighted by Crippen LogP contribution is 2.50. The monoisotopic (exact) mass is 408 g/mol. The molecule has 3 heteroatoms. The number of hydrogen-bond donors (Lipinski definition) is 0. The zero-order valence-electron chi connectivity index (χ0n) is 19.4. The van der Waals surface area contributed by atoms with Crippen LogP contribution in [0.25, 0.3) is 0 Å². The van der Waals surface area contributed by atoms with Crippen LogP contribution in [-0.4, -0.2) is 37.0 Å². The van der Waals surface area contributed by atoms with Crippen molar-refractivity contribution in [3.8, 4) is 5.75 Å². The second-order valence-corrected chi connectivity index (χ2v) is 10.0. The Morgan fingerprint density at radius 3 is 2.67 bits per heavy atom. The molecular weight excluding hydrogens is 368 g/mol. The van der Waals surface area contributed by atoms with Gasteiger partial charge in [-0.05, 0) is 93.2 Å². The summed E-state index contributed by atoms with van der Waals surface area (Å²) < 4.78 is 6.09. The standard InChI is InChI=1S/C27H40N2O/c1-5-22-15-20(3)16-27(28-18-22)29-11-8-23(9-12-29)25-17-24(25)10-13-30-26-7-6-19(2)14-21(26)4/h6-7,14-15,18,20,23-25,27H,5,8-13,16-17H2,1-4H3/t20?,24-,25+,27?/m0/s1. The van der Waals surface area contributed by atoms with Gasteiger partial charge < -0.3 is 4.74 Å². The van der Waals surface area contributed by atoms with Crippen LogP contribution in [0.2, 0.25) is 0 Å². The topological polar surface area (TPSA) is 24.8 Å². The first-order valence-electron chi connectivity index (χ1n) is 12.2. The molecular formula is C27H40N2O. The summed E-state index contributed by atoms with van der Waals surface area (Å²) in [6.07, 6.45) is 12.6. The molecule has 0 bridgehead atoms. The summed E-state index contributed by atoms with van der Waals surface area (Å²) in [7, 11) is 0. The second-order valence-electron chi connectivity index (χ2n) is 10.0. The molecule has 1 aromatic carbocycles. The first-order valence-corrected chi connectivity index (χ1v) is 12.2. The van der Waals surface area contributed by atoms with Crippen molar-refractivity contribution in [2.45, 2.75) is 72.4 Å². The van der Waals surface area contributed by atoms with Crippen LogP contribution < -0.4 is 4.74 Å². The third-order valence-electron chi connectivity index (χ3n) is 7.56. The van der Waals surface area contributed by atoms with Gasteiger partial charge in [-0.2, -0.15) is 0 Å². The molecule has 1 aromatic rings. The van der Waals surface area contributed by atoms with Crippen molar-refractivity contribution in [1.82, 2.24) is 4.90 Å². The molecule has 2 unspecified atom stereocenters. The first kappa shape index (κ1) is 21.6. The minimum Gasteiger partial charge on any atom is -0.493 e. The van der Waals surface area contributed by atoms with Crippen molar-refractivity contribution in [3.05, 3.63) is 41.0 Å². The molecule has 164 valence electrons. The molecule has 30 heavy (non-hydrogen) atoms. The van der Waals surface area contributed by atoms with Gasteiger partial charge in [0.1, 0.15) is 11.9 Å². The molecule has 1 saturated heterocycles. The van der Waals surface area contributed by atoms with E-state index in [9.17, 15) is 0 Å². The van der Waals surface area contributed by atoms with Gasteiger partial charge in [0.25, 0.3) is 0 Å². The van der Waals surface area contributed by atoms with E-state index in [4.69, 9.17) is 9.73 Å². The lowest BCUT2D eigenvalue weighted by atomic mass is 9.90. The molecule has 1 aliphatic carbocycles. The Kier molecular flexibility index (Phi) is 6.98. The molecule has 3 nitrogen and oxygen atoms in total. The highest BCUT2D eigenvalue weighted by atomic mass is 16.5. The van der Waals surface area contributed by atoms with E-state index in [1.807, 2.05) is 0 Å². The van der Waals surface area contributed by atoms with Gasteiger partial charge in [0.05, 0.1) is 6.61 Å². The van der Waals surface area contributed by atoms with E-state index < -0.39 is 0 Å². The van der Waals surface area contributed by atoms with Gasteiger partial charge in [-0.15, -0.1) is 0 Å². The lowest BCUT2D eigenvalue weighted by Gasteiger charge is -2.36. The number of ether oxygens (including phenoxy) is 1. The Morgan fingerprint density at radius 1 is 1.13 bits per heavy atom. The van der Waals surface area contributed by atoms with Crippen molar-refractivity contribution in [2.75, 3.05) is 19.7 Å². The summed E-state index contributed by atoms with van der Waals surface area (Å²) in [5.41, 5.74) is 3.97. The Bertz CT molecular complexity index is 775. The minimum absolute atomic E-state index is 0.391. The summed E-state index contributed by atoms with van der Waals surface area (Å²) in [6, 6.07) is 6.48. The average molecular weight is 409 g/mol. The van der Waals surface area contributed by atoms with Gasteiger partial charge in [0.2, 0.25) is 0 Å². The summed E-state index contributed by atoms with van der Waals surface area (Å²) >= 11 is 0. The normalized spacial score (nSPS) is 30.1. The fraction of sp³-hybridized carbons (Fsp3) is 0.667. The molecule has 2 aliphatic heterocycles. The van der Waals surface area contributed by atoms with Gasteiger partial charge in [0.15, 0.2) is 0 Å². The maximum Gasteiger partial charge on any atom is 0.122 e. The summed E-state index contributed by atoms with van der Waals surface area (Å²) in [5.74, 6) is 4.45. The number of nitrogens with zero attached hydrogens (tertiary/aromatic N) is 2. The highest BCUT2D eigenvalue weighted by Gasteiger charge is 2.43. The fourth-order valence-corrected chi connectivity index (χ4v) is 5.61. The van der Waals surface area contributed by atoms with Crippen molar-refractivity contribution in [3.63, 3.8) is 0 Å². The average Bonchev–Trinajstić information content (AvgIpc) is 3.53. The number of allylic oxidation sites excluding steroid dienone is 2. The summed E-state index contributed by atoms with van der Waals surface area (Å²) in [4.78, 5) is 7.60. The van der Waals surface area contributed by atoms with E-state index in [0.29, 0.717) is 12.1 Å². The molecule has 0 radical (unpaired) electrons. The number of hydrogen-bond acceptors (Lipinski definition) is 3. The van der Waals surface area contributed by atoms with Crippen LogP contribution in [0.4, 0.5) is 0 Å². The zero-order chi connectivity index (χ0) is 21.1. The molecule has 2 heterocycles. The van der Waals surface area contributed by atoms with Crippen molar-refractivity contribution in [2.24, 2.45) is 28.7 Å². The van der Waals surface area contributed by atoms with Crippen molar-refractivity contribution in [1.29, 1.82) is 0 Å². The lowest BCUT2D eigenvalue weighted by Crippen LogP contribution is -2.41. The van der Waals surface area contributed by atoms with Crippen molar-refractivity contribution >= 4 is 6.21 Å². The third-order valence-corrected chi connectivity index (χ3v) is 7.56. The highest BCUT2D eigenvalue weighted by molar-refractivity contribution is 5.78. The second kappa shape index (κ2) is 9.68. The van der Waals surface area contributed by atoms with Gasteiger partial charge in [0, 0.05) is 19.3 Å². The molecule has 0 spiro atoms. The van der Waals surface area contributed by atoms with Crippen LogP contribution in [-0.2, 0) is 0 Å².